The lowest BCUT2D eigenvalue weighted by Gasteiger charge is -2.43. The van der Waals surface area contributed by atoms with Gasteiger partial charge in [0.15, 0.2) is 0 Å². The number of ether oxygens (including phenoxy) is 1. The Labute approximate surface area is 99.1 Å². The molecule has 1 saturated heterocycles. The predicted octanol–water partition coefficient (Wildman–Crippen LogP) is 3.77. The average molecular weight is 224 g/mol. The van der Waals surface area contributed by atoms with E-state index >= 15 is 0 Å². The van der Waals surface area contributed by atoms with Crippen molar-refractivity contribution in [2.75, 3.05) is 0 Å². The van der Waals surface area contributed by atoms with Crippen LogP contribution in [0.25, 0.3) is 0 Å². The molecule has 92 valence electrons. The van der Waals surface area contributed by atoms with E-state index in [4.69, 9.17) is 4.74 Å². The zero-order valence-electron chi connectivity index (χ0n) is 11.4. The van der Waals surface area contributed by atoms with Crippen LogP contribution in [0.15, 0.2) is 12.3 Å². The largest absolute Gasteiger partial charge is 0.431 e. The maximum Gasteiger partial charge on any atom is 0.314 e. The summed E-state index contributed by atoms with van der Waals surface area (Å²) in [6.45, 7) is 16.6. The van der Waals surface area contributed by atoms with Crippen molar-refractivity contribution in [1.82, 2.24) is 0 Å². The summed E-state index contributed by atoms with van der Waals surface area (Å²) >= 11 is 0. The molecule has 1 aliphatic heterocycles. The Bertz CT molecular complexity index is 313. The second-order valence-corrected chi connectivity index (χ2v) is 6.47. The van der Waals surface area contributed by atoms with Gasteiger partial charge >= 0.3 is 5.97 Å². The molecule has 0 radical (unpaired) electrons. The van der Waals surface area contributed by atoms with Crippen molar-refractivity contribution in [2.24, 2.45) is 22.7 Å². The summed E-state index contributed by atoms with van der Waals surface area (Å²) in [6, 6.07) is 0. The summed E-state index contributed by atoms with van der Waals surface area (Å²) in [5.41, 5.74) is -0.0289. The molecule has 2 atom stereocenters. The van der Waals surface area contributed by atoms with Gasteiger partial charge < -0.3 is 4.74 Å². The van der Waals surface area contributed by atoms with Crippen LogP contribution < -0.4 is 0 Å². The predicted molar refractivity (Wildman–Crippen MR) is 65.7 cm³/mol. The number of carbonyl (C=O) groups is 1. The highest BCUT2D eigenvalue weighted by molar-refractivity contribution is 5.73. The Balaban J connectivity index is 3.10. The van der Waals surface area contributed by atoms with Crippen LogP contribution in [0.3, 0.4) is 0 Å². The molecule has 1 fully saturated rings. The monoisotopic (exact) mass is 224 g/mol. The number of allylic oxidation sites excluding steroid dienone is 1. The van der Waals surface area contributed by atoms with Crippen molar-refractivity contribution in [3.63, 3.8) is 0 Å². The Kier molecular flexibility index (Phi) is 3.24. The molecule has 0 aromatic heterocycles. The zero-order valence-corrected chi connectivity index (χ0v) is 11.4. The highest BCUT2D eigenvalue weighted by Crippen LogP contribution is 2.47. The van der Waals surface area contributed by atoms with E-state index in [1.54, 1.807) is 0 Å². The molecule has 1 unspecified atom stereocenters. The Morgan fingerprint density at radius 1 is 1.25 bits per heavy atom. The summed E-state index contributed by atoms with van der Waals surface area (Å²) in [5, 5.41) is 0. The van der Waals surface area contributed by atoms with Crippen LogP contribution in [-0.4, -0.2) is 5.97 Å². The van der Waals surface area contributed by atoms with Gasteiger partial charge in [-0.1, -0.05) is 48.1 Å². The molecule has 0 aromatic carbocycles. The molecule has 0 amide bonds. The van der Waals surface area contributed by atoms with Crippen molar-refractivity contribution in [2.45, 2.75) is 48.0 Å². The number of esters is 1. The van der Waals surface area contributed by atoms with Crippen molar-refractivity contribution < 1.29 is 9.53 Å². The molecule has 0 saturated carbocycles. The van der Waals surface area contributed by atoms with E-state index in [1.807, 2.05) is 6.92 Å². The van der Waals surface area contributed by atoms with Crippen LogP contribution in [-0.2, 0) is 9.53 Å². The van der Waals surface area contributed by atoms with Gasteiger partial charge in [-0.2, -0.15) is 0 Å². The van der Waals surface area contributed by atoms with E-state index in [2.05, 4.69) is 41.2 Å². The van der Waals surface area contributed by atoms with E-state index in [-0.39, 0.29) is 22.7 Å². The normalized spacial score (nSPS) is 33.9. The van der Waals surface area contributed by atoms with Crippen LogP contribution in [0, 0.1) is 22.7 Å². The lowest BCUT2D eigenvalue weighted by Crippen LogP contribution is -2.40. The van der Waals surface area contributed by atoms with E-state index < -0.39 is 0 Å². The summed E-state index contributed by atoms with van der Waals surface area (Å²) < 4.78 is 5.35. The van der Waals surface area contributed by atoms with Gasteiger partial charge in [-0.15, -0.1) is 0 Å². The third-order valence-electron chi connectivity index (χ3n) is 4.23. The molecule has 2 nitrogen and oxygen atoms in total. The Morgan fingerprint density at radius 2 is 1.75 bits per heavy atom. The van der Waals surface area contributed by atoms with Crippen LogP contribution in [0.2, 0.25) is 0 Å². The van der Waals surface area contributed by atoms with Gasteiger partial charge in [0.25, 0.3) is 0 Å². The van der Waals surface area contributed by atoms with Crippen molar-refractivity contribution in [3.05, 3.63) is 12.3 Å². The molecule has 1 aliphatic rings. The Morgan fingerprint density at radius 3 is 2.25 bits per heavy atom. The van der Waals surface area contributed by atoms with Gasteiger partial charge in [0, 0.05) is 5.41 Å². The fourth-order valence-electron chi connectivity index (χ4n) is 2.63. The second kappa shape index (κ2) is 3.90. The first-order valence-electron chi connectivity index (χ1n) is 5.99. The summed E-state index contributed by atoms with van der Waals surface area (Å²) in [6.07, 6.45) is 0.984. The van der Waals surface area contributed by atoms with Gasteiger partial charge in [-0.05, 0) is 17.8 Å². The second-order valence-electron chi connectivity index (χ2n) is 6.47. The van der Waals surface area contributed by atoms with E-state index in [1.165, 1.54) is 0 Å². The minimum Gasteiger partial charge on any atom is -0.431 e. The van der Waals surface area contributed by atoms with Crippen LogP contribution in [0.5, 0.6) is 0 Å². The van der Waals surface area contributed by atoms with Gasteiger partial charge in [0.05, 0.1) is 5.92 Å². The van der Waals surface area contributed by atoms with Gasteiger partial charge in [0.1, 0.15) is 5.76 Å². The van der Waals surface area contributed by atoms with Gasteiger partial charge in [0.2, 0.25) is 0 Å². The van der Waals surface area contributed by atoms with E-state index in [0.29, 0.717) is 11.7 Å². The molecule has 0 aliphatic carbocycles. The molecule has 16 heavy (non-hydrogen) atoms. The van der Waals surface area contributed by atoms with Crippen molar-refractivity contribution in [1.29, 1.82) is 0 Å². The number of cyclic esters (lactones) is 1. The minimum absolute atomic E-state index is 0.0668. The SMILES string of the molecule is C=C1OC(=O)[C@@H](C)C(C)C(C)(C)CC1(C)C. The Hall–Kier alpha value is -0.790. The molecular formula is C14H24O2. The molecule has 1 heterocycles. The molecule has 0 aromatic rings. The number of rotatable bonds is 0. The van der Waals surface area contributed by atoms with Crippen molar-refractivity contribution >= 4 is 5.97 Å². The molecule has 0 spiro atoms. The summed E-state index contributed by atoms with van der Waals surface area (Å²) in [4.78, 5) is 11.9. The van der Waals surface area contributed by atoms with Crippen LogP contribution >= 0.6 is 0 Å². The lowest BCUT2D eigenvalue weighted by molar-refractivity contribution is -0.152. The summed E-state index contributed by atoms with van der Waals surface area (Å²) in [7, 11) is 0. The molecule has 1 rings (SSSR count). The molecule has 2 heteroatoms. The first-order valence-corrected chi connectivity index (χ1v) is 5.99. The standard InChI is InChI=1S/C14H24O2/c1-9-10(2)13(4,5)8-14(6,7)11(3)16-12(9)15/h9-10H,3,8H2,1-2,4-7H3/t9-,10?/m0/s1. The smallest absolute Gasteiger partial charge is 0.314 e. The average Bonchev–Trinajstić information content (AvgIpc) is 2.12. The molecule has 0 bridgehead atoms. The lowest BCUT2D eigenvalue weighted by atomic mass is 9.64. The van der Waals surface area contributed by atoms with Gasteiger partial charge in [-0.25, -0.2) is 0 Å². The topological polar surface area (TPSA) is 26.3 Å². The first-order chi connectivity index (χ1) is 7.08. The first kappa shape index (κ1) is 13.3. The maximum absolute atomic E-state index is 11.9. The van der Waals surface area contributed by atoms with Gasteiger partial charge in [-0.3, -0.25) is 4.79 Å². The van der Waals surface area contributed by atoms with E-state index in [0.717, 1.165) is 6.42 Å². The fraction of sp³-hybridized carbons (Fsp3) is 0.786. The zero-order chi connectivity index (χ0) is 12.7. The van der Waals surface area contributed by atoms with Crippen LogP contribution in [0.4, 0.5) is 0 Å². The van der Waals surface area contributed by atoms with Crippen molar-refractivity contribution in [3.8, 4) is 0 Å². The minimum atomic E-state index is -0.145. The number of hydrogen-bond donors (Lipinski definition) is 0. The fourth-order valence-corrected chi connectivity index (χ4v) is 2.63. The molecular weight excluding hydrogens is 200 g/mol. The quantitative estimate of drug-likeness (QED) is 0.585. The molecule has 0 N–H and O–H groups in total. The third-order valence-corrected chi connectivity index (χ3v) is 4.23. The maximum atomic E-state index is 11.9. The van der Waals surface area contributed by atoms with Crippen LogP contribution in [0.1, 0.15) is 48.0 Å². The number of carbonyl (C=O) groups excluding carboxylic acids is 1. The van der Waals surface area contributed by atoms with E-state index in [9.17, 15) is 4.79 Å². The third kappa shape index (κ3) is 2.31. The highest BCUT2D eigenvalue weighted by Gasteiger charge is 2.42. The number of hydrogen-bond acceptors (Lipinski definition) is 2. The summed E-state index contributed by atoms with van der Waals surface area (Å²) in [5.74, 6) is 0.706. The highest BCUT2D eigenvalue weighted by atomic mass is 16.5.